The summed E-state index contributed by atoms with van der Waals surface area (Å²) >= 11 is 0. The first-order valence-electron chi connectivity index (χ1n) is 14.3. The average molecular weight is 552 g/mol. The van der Waals surface area contributed by atoms with Crippen LogP contribution in [0.1, 0.15) is 27.0 Å². The van der Waals surface area contributed by atoms with Crippen LogP contribution in [-0.2, 0) is 13.1 Å². The van der Waals surface area contributed by atoms with Gasteiger partial charge in [-0.1, -0.05) is 42.5 Å². The zero-order valence-corrected chi connectivity index (χ0v) is 23.7. The number of benzene rings is 2. The zero-order valence-electron chi connectivity index (χ0n) is 23.7. The molecule has 2 N–H and O–H groups in total. The molecule has 2 aromatic rings. The molecule has 0 aromatic heterocycles. The highest BCUT2D eigenvalue weighted by Crippen LogP contribution is 2.36. The van der Waals surface area contributed by atoms with Crippen LogP contribution < -0.4 is 10.7 Å². The number of hydrazone groups is 1. The van der Waals surface area contributed by atoms with E-state index in [1.54, 1.807) is 0 Å². The van der Waals surface area contributed by atoms with Gasteiger partial charge in [0.25, 0.3) is 5.91 Å². The molecule has 9 nitrogen and oxygen atoms in total. The van der Waals surface area contributed by atoms with Crippen molar-refractivity contribution in [1.82, 2.24) is 30.3 Å². The summed E-state index contributed by atoms with van der Waals surface area (Å²) in [4.78, 5) is 35.0. The van der Waals surface area contributed by atoms with Crippen molar-refractivity contribution in [3.8, 4) is 0 Å². The Morgan fingerprint density at radius 3 is 2.66 bits per heavy atom. The maximum Gasteiger partial charge on any atom is 0.317 e. The van der Waals surface area contributed by atoms with E-state index < -0.39 is 5.54 Å². The van der Waals surface area contributed by atoms with E-state index in [-0.39, 0.29) is 11.9 Å². The van der Waals surface area contributed by atoms with Crippen LogP contribution in [0.4, 0.5) is 4.79 Å². The first kappa shape index (κ1) is 26.8. The van der Waals surface area contributed by atoms with Gasteiger partial charge < -0.3 is 25.4 Å². The van der Waals surface area contributed by atoms with E-state index in [1.807, 2.05) is 78.5 Å². The number of allylic oxidation sites excluding steroid dienone is 2. The van der Waals surface area contributed by atoms with Crippen molar-refractivity contribution in [2.45, 2.75) is 25.6 Å². The predicted octanol–water partition coefficient (Wildman–Crippen LogP) is 3.08. The van der Waals surface area contributed by atoms with Crippen molar-refractivity contribution >= 4 is 17.6 Å². The highest BCUT2D eigenvalue weighted by molar-refractivity contribution is 6.09. The number of rotatable bonds is 5. The number of hydrogen-bond donors (Lipinski definition) is 2. The third kappa shape index (κ3) is 5.13. The van der Waals surface area contributed by atoms with Crippen molar-refractivity contribution in [1.29, 1.82) is 0 Å². The normalized spacial score (nSPS) is 21.9. The van der Waals surface area contributed by atoms with Gasteiger partial charge in [0.2, 0.25) is 0 Å². The summed E-state index contributed by atoms with van der Waals surface area (Å²) in [6.07, 6.45) is 10.0. The number of amides is 3. The summed E-state index contributed by atoms with van der Waals surface area (Å²) in [5.74, 6) is -0.0517. The standard InChI is InChI=1S/C32H37N7O2/c1-24-20-26(30(40)39-15-7-14-36(2)32-23-34-35-28(32)10-6-11-29(32)39)12-13-27(24)21-33-31(41)38-18-16-37(17-19-38)22-25-8-4-3-5-9-25/h3-14,20,34H,15-19,21-23H2,1-2H3,(H,33,41). The van der Waals surface area contributed by atoms with E-state index in [4.69, 9.17) is 0 Å². The van der Waals surface area contributed by atoms with Gasteiger partial charge in [0, 0.05) is 58.4 Å². The Morgan fingerprint density at radius 1 is 1.07 bits per heavy atom. The number of piperazine rings is 1. The molecule has 212 valence electrons. The Balaban J connectivity index is 1.07. The monoisotopic (exact) mass is 551 g/mol. The van der Waals surface area contributed by atoms with E-state index >= 15 is 0 Å². The first-order chi connectivity index (χ1) is 20.0. The summed E-state index contributed by atoms with van der Waals surface area (Å²) in [6.45, 7) is 7.53. The fourth-order valence-electron chi connectivity index (χ4n) is 6.13. The number of nitrogens with one attached hydrogen (secondary N) is 2. The largest absolute Gasteiger partial charge is 0.363 e. The second kappa shape index (κ2) is 11.2. The Morgan fingerprint density at radius 2 is 1.88 bits per heavy atom. The van der Waals surface area contributed by atoms with Gasteiger partial charge in [-0.2, -0.15) is 5.10 Å². The first-order valence-corrected chi connectivity index (χ1v) is 14.3. The van der Waals surface area contributed by atoms with Crippen LogP contribution in [0.5, 0.6) is 0 Å². The van der Waals surface area contributed by atoms with E-state index in [0.29, 0.717) is 38.3 Å². The van der Waals surface area contributed by atoms with Gasteiger partial charge in [-0.3, -0.25) is 9.69 Å². The van der Waals surface area contributed by atoms with Crippen molar-refractivity contribution in [2.75, 3.05) is 46.3 Å². The molecule has 0 saturated carbocycles. The topological polar surface area (TPSA) is 83.5 Å². The molecule has 1 unspecified atom stereocenters. The minimum absolute atomic E-state index is 0.0467. The van der Waals surface area contributed by atoms with E-state index in [2.05, 4.69) is 49.9 Å². The second-order valence-corrected chi connectivity index (χ2v) is 11.1. The minimum Gasteiger partial charge on any atom is -0.363 e. The van der Waals surface area contributed by atoms with Crippen LogP contribution in [0.25, 0.3) is 0 Å². The Labute approximate surface area is 241 Å². The van der Waals surface area contributed by atoms with Crippen LogP contribution in [0, 0.1) is 6.92 Å². The predicted molar refractivity (Wildman–Crippen MR) is 160 cm³/mol. The maximum absolute atomic E-state index is 13.8. The third-order valence-corrected chi connectivity index (χ3v) is 8.57. The number of likely N-dealkylation sites (N-methyl/N-ethyl adjacent to an activating group) is 1. The van der Waals surface area contributed by atoms with Gasteiger partial charge in [-0.25, -0.2) is 4.79 Å². The number of nitrogens with zero attached hydrogens (tertiary/aromatic N) is 5. The van der Waals surface area contributed by atoms with Gasteiger partial charge in [-0.05, 0) is 60.2 Å². The van der Waals surface area contributed by atoms with E-state index in [0.717, 1.165) is 42.2 Å². The Hall–Kier alpha value is -4.37. The van der Waals surface area contributed by atoms with Crippen LogP contribution in [0.2, 0.25) is 0 Å². The lowest BCUT2D eigenvalue weighted by molar-refractivity contribution is 0.0795. The highest BCUT2D eigenvalue weighted by atomic mass is 16.2. The summed E-state index contributed by atoms with van der Waals surface area (Å²) in [5.41, 5.74) is 8.33. The highest BCUT2D eigenvalue weighted by Gasteiger charge is 2.49. The number of carbonyl (C=O) groups is 2. The van der Waals surface area contributed by atoms with Gasteiger partial charge in [-0.15, -0.1) is 0 Å². The van der Waals surface area contributed by atoms with Crippen molar-refractivity contribution in [3.05, 3.63) is 107 Å². The van der Waals surface area contributed by atoms with Gasteiger partial charge in [0.15, 0.2) is 0 Å². The molecule has 0 radical (unpaired) electrons. The SMILES string of the molecule is Cc1cc(C(=O)N2CC=CN(C)C34CNN=C3C=CC=C24)ccc1CNC(=O)N1CCN(Cc2ccccc2)CC1. The van der Waals surface area contributed by atoms with Gasteiger partial charge in [0.1, 0.15) is 5.54 Å². The lowest BCUT2D eigenvalue weighted by Gasteiger charge is -2.42. The molecule has 3 aliphatic heterocycles. The molecular weight excluding hydrogens is 514 g/mol. The summed E-state index contributed by atoms with van der Waals surface area (Å²) in [7, 11) is 2.03. The molecule has 41 heavy (non-hydrogen) atoms. The molecule has 1 atom stereocenters. The number of aryl methyl sites for hydroxylation is 1. The molecule has 2 aromatic carbocycles. The molecule has 1 spiro atoms. The van der Waals surface area contributed by atoms with Crippen molar-refractivity contribution in [2.24, 2.45) is 5.10 Å². The quantitative estimate of drug-likeness (QED) is 0.597. The molecule has 1 aliphatic carbocycles. The molecule has 3 amide bonds. The molecule has 9 heteroatoms. The van der Waals surface area contributed by atoms with Crippen LogP contribution in [0.15, 0.2) is 89.8 Å². The molecule has 1 saturated heterocycles. The van der Waals surface area contributed by atoms with Crippen LogP contribution >= 0.6 is 0 Å². The molecule has 0 bridgehead atoms. The van der Waals surface area contributed by atoms with Crippen molar-refractivity contribution < 1.29 is 9.59 Å². The number of urea groups is 1. The number of carbonyl (C=O) groups excluding carboxylic acids is 2. The number of hydrogen-bond acceptors (Lipinski definition) is 6. The van der Waals surface area contributed by atoms with Crippen LogP contribution in [0.3, 0.4) is 0 Å². The van der Waals surface area contributed by atoms with E-state index in [9.17, 15) is 9.59 Å². The smallest absolute Gasteiger partial charge is 0.317 e. The second-order valence-electron chi connectivity index (χ2n) is 11.1. The lowest BCUT2D eigenvalue weighted by atomic mass is 9.84. The van der Waals surface area contributed by atoms with Crippen molar-refractivity contribution in [3.63, 3.8) is 0 Å². The summed E-state index contributed by atoms with van der Waals surface area (Å²) in [6, 6.07) is 16.1. The minimum atomic E-state index is -0.510. The fourth-order valence-corrected chi connectivity index (χ4v) is 6.13. The Kier molecular flexibility index (Phi) is 7.36. The van der Waals surface area contributed by atoms with Gasteiger partial charge >= 0.3 is 6.03 Å². The van der Waals surface area contributed by atoms with E-state index in [1.165, 1.54) is 5.56 Å². The maximum atomic E-state index is 13.8. The fraction of sp³-hybridized carbons (Fsp3) is 0.344. The van der Waals surface area contributed by atoms with Crippen LogP contribution in [-0.4, -0.2) is 89.1 Å². The summed E-state index contributed by atoms with van der Waals surface area (Å²) < 4.78 is 0. The Bertz CT molecular complexity index is 1440. The zero-order chi connectivity index (χ0) is 28.4. The molecule has 3 heterocycles. The third-order valence-electron chi connectivity index (χ3n) is 8.57. The summed E-state index contributed by atoms with van der Waals surface area (Å²) in [5, 5.41) is 7.57. The molecule has 4 aliphatic rings. The molecular formula is C32H37N7O2. The molecule has 1 fully saturated rings. The lowest BCUT2D eigenvalue weighted by Crippen LogP contribution is -2.57. The molecule has 6 rings (SSSR count). The average Bonchev–Trinajstić information content (AvgIpc) is 3.39. The van der Waals surface area contributed by atoms with Gasteiger partial charge in [0.05, 0.1) is 18.0 Å².